The molecule has 2 amide bonds. The van der Waals surface area contributed by atoms with Crippen molar-refractivity contribution in [2.75, 3.05) is 24.7 Å². The molecule has 8 heteroatoms. The number of carboxylic acid groups (broad SMARTS) is 1. The Kier molecular flexibility index (Phi) is 8.34. The summed E-state index contributed by atoms with van der Waals surface area (Å²) < 4.78 is 11.0. The molecule has 0 aromatic rings. The van der Waals surface area contributed by atoms with Crippen LogP contribution in [0, 0.1) is 0 Å². The highest BCUT2D eigenvalue weighted by molar-refractivity contribution is 7.84. The van der Waals surface area contributed by atoms with Gasteiger partial charge in [0.1, 0.15) is 6.04 Å². The van der Waals surface area contributed by atoms with E-state index in [0.29, 0.717) is 11.5 Å². The Balaban J connectivity index is 3.90. The predicted octanol–water partition coefficient (Wildman–Crippen LogP) is -1.11. The summed E-state index contributed by atoms with van der Waals surface area (Å²) in [6.07, 6.45) is -0.0519. The summed E-state index contributed by atoms with van der Waals surface area (Å²) >= 11 is 0. The van der Waals surface area contributed by atoms with Gasteiger partial charge in [-0.1, -0.05) is 6.92 Å². The smallest absolute Gasteiger partial charge is 0.326 e. The number of carbonyl (C=O) groups excluding carboxylic acids is 1. The molecule has 2 atom stereocenters. The minimum absolute atomic E-state index is 0.0519. The normalized spacial score (nSPS) is 13.8. The molecule has 0 aromatic carbocycles. The minimum Gasteiger partial charge on any atom is -0.480 e. The summed E-state index contributed by atoms with van der Waals surface area (Å²) in [7, 11) is -0.967. The van der Waals surface area contributed by atoms with Crippen LogP contribution in [0.1, 0.15) is 13.3 Å². The van der Waals surface area contributed by atoms with E-state index in [1.54, 1.807) is 6.92 Å². The van der Waals surface area contributed by atoms with Crippen LogP contribution in [0.3, 0.4) is 0 Å². The monoisotopic (exact) mass is 266 g/mol. The number of urea groups is 1. The molecule has 4 N–H and O–H groups in total. The van der Waals surface area contributed by atoms with Gasteiger partial charge in [0.05, 0.1) is 0 Å². The van der Waals surface area contributed by atoms with Crippen molar-refractivity contribution in [3.05, 3.63) is 0 Å². The Hall–Kier alpha value is -1.15. The van der Waals surface area contributed by atoms with Crippen molar-refractivity contribution in [1.82, 2.24) is 10.6 Å². The van der Waals surface area contributed by atoms with Crippen LogP contribution in [0.15, 0.2) is 0 Å². The number of carbonyl (C=O) groups is 2. The first-order chi connectivity index (χ1) is 8.01. The van der Waals surface area contributed by atoms with Gasteiger partial charge in [0.15, 0.2) is 0 Å². The summed E-state index contributed by atoms with van der Waals surface area (Å²) in [6.45, 7) is 1.67. The van der Waals surface area contributed by atoms with Crippen LogP contribution in [0.5, 0.6) is 0 Å². The van der Waals surface area contributed by atoms with E-state index in [1.807, 2.05) is 0 Å². The third-order valence-corrected chi connectivity index (χ3v) is 3.26. The zero-order chi connectivity index (χ0) is 13.3. The lowest BCUT2D eigenvalue weighted by atomic mass is 10.2. The van der Waals surface area contributed by atoms with E-state index in [1.165, 1.54) is 0 Å². The molecule has 0 radical (unpaired) electrons. The summed E-state index contributed by atoms with van der Waals surface area (Å²) in [5.41, 5.74) is 0. The van der Waals surface area contributed by atoms with Crippen LogP contribution in [0.2, 0.25) is 0 Å². The molecule has 7 nitrogen and oxygen atoms in total. The van der Waals surface area contributed by atoms with Crippen molar-refractivity contribution in [3.8, 4) is 0 Å². The highest BCUT2D eigenvalue weighted by Gasteiger charge is 2.18. The lowest BCUT2D eigenvalue weighted by molar-refractivity contribution is -0.139. The maximum absolute atomic E-state index is 11.2. The third kappa shape index (κ3) is 7.70. The number of aliphatic carboxylic acids is 1. The number of hydrogen-bond acceptors (Lipinski definition) is 4. The second-order valence-corrected chi connectivity index (χ2v) is 5.10. The first kappa shape index (κ1) is 15.9. The molecule has 0 aliphatic rings. The fourth-order valence-electron chi connectivity index (χ4n) is 1.02. The van der Waals surface area contributed by atoms with E-state index in [-0.39, 0.29) is 19.6 Å². The lowest BCUT2D eigenvalue weighted by Gasteiger charge is -2.13. The van der Waals surface area contributed by atoms with E-state index in [2.05, 4.69) is 10.6 Å². The van der Waals surface area contributed by atoms with Crippen molar-refractivity contribution in [2.45, 2.75) is 19.4 Å². The molecule has 0 aromatic heterocycles. The summed E-state index contributed by atoms with van der Waals surface area (Å²) in [5, 5.41) is 21.9. The number of hydrogen-bond donors (Lipinski definition) is 4. The Morgan fingerprint density at radius 2 is 2.06 bits per heavy atom. The minimum atomic E-state index is -1.20. The van der Waals surface area contributed by atoms with E-state index in [0.717, 1.165) is 0 Å². The molecular formula is C9H18N2O5S. The molecule has 0 heterocycles. The van der Waals surface area contributed by atoms with Crippen molar-refractivity contribution < 1.29 is 24.0 Å². The van der Waals surface area contributed by atoms with Gasteiger partial charge in [0.2, 0.25) is 0 Å². The van der Waals surface area contributed by atoms with Gasteiger partial charge in [-0.25, -0.2) is 9.59 Å². The fourth-order valence-corrected chi connectivity index (χ4v) is 1.64. The number of nitrogens with one attached hydrogen (secondary N) is 2. The van der Waals surface area contributed by atoms with Gasteiger partial charge in [0, 0.05) is 41.9 Å². The highest BCUT2D eigenvalue weighted by Crippen LogP contribution is 1.91. The van der Waals surface area contributed by atoms with Gasteiger partial charge in [-0.2, -0.15) is 0 Å². The molecule has 0 aliphatic carbocycles. The van der Waals surface area contributed by atoms with Crippen LogP contribution in [0.4, 0.5) is 4.79 Å². The third-order valence-electron chi connectivity index (χ3n) is 1.96. The van der Waals surface area contributed by atoms with Crippen LogP contribution in [0.25, 0.3) is 0 Å². The largest absolute Gasteiger partial charge is 0.480 e. The van der Waals surface area contributed by atoms with Gasteiger partial charge < -0.3 is 20.8 Å². The molecule has 17 heavy (non-hydrogen) atoms. The van der Waals surface area contributed by atoms with E-state index < -0.39 is 28.8 Å². The van der Waals surface area contributed by atoms with E-state index in [4.69, 9.17) is 10.2 Å². The molecule has 0 spiro atoms. The zero-order valence-corrected chi connectivity index (χ0v) is 10.5. The van der Waals surface area contributed by atoms with Crippen LogP contribution >= 0.6 is 0 Å². The second kappa shape index (κ2) is 8.94. The molecule has 2 unspecified atom stereocenters. The standard InChI is InChI=1S/C9H18N2O5S/c1-2-17(16)6-4-10-9(15)11-7(3-5-12)8(13)14/h7,12H,2-6H2,1H3,(H,13,14)(H2,10,11,15). The van der Waals surface area contributed by atoms with Crippen LogP contribution < -0.4 is 10.6 Å². The number of aliphatic hydroxyl groups excluding tert-OH is 1. The first-order valence-electron chi connectivity index (χ1n) is 5.24. The topological polar surface area (TPSA) is 116 Å². The van der Waals surface area contributed by atoms with E-state index in [9.17, 15) is 13.8 Å². The molecular weight excluding hydrogens is 248 g/mol. The van der Waals surface area contributed by atoms with Crippen molar-refractivity contribution >= 4 is 22.8 Å². The van der Waals surface area contributed by atoms with Gasteiger partial charge >= 0.3 is 12.0 Å². The predicted molar refractivity (Wildman–Crippen MR) is 63.2 cm³/mol. The van der Waals surface area contributed by atoms with Gasteiger partial charge in [0.25, 0.3) is 0 Å². The fraction of sp³-hybridized carbons (Fsp3) is 0.778. The molecule has 0 saturated heterocycles. The molecule has 100 valence electrons. The van der Waals surface area contributed by atoms with Crippen molar-refractivity contribution in [3.63, 3.8) is 0 Å². The SMILES string of the molecule is CCS(=O)CCNC(=O)NC(CCO)C(=O)O. The molecule has 0 bridgehead atoms. The van der Waals surface area contributed by atoms with Crippen molar-refractivity contribution in [2.24, 2.45) is 0 Å². The van der Waals surface area contributed by atoms with E-state index >= 15 is 0 Å². The van der Waals surface area contributed by atoms with Gasteiger partial charge in [-0.15, -0.1) is 0 Å². The highest BCUT2D eigenvalue weighted by atomic mass is 32.2. The Bertz CT molecular complexity index is 285. The van der Waals surface area contributed by atoms with Crippen molar-refractivity contribution in [1.29, 1.82) is 0 Å². The second-order valence-electron chi connectivity index (χ2n) is 3.24. The van der Waals surface area contributed by atoms with Gasteiger partial charge in [-0.05, 0) is 0 Å². The van der Waals surface area contributed by atoms with Crippen LogP contribution in [-0.2, 0) is 15.6 Å². The zero-order valence-electron chi connectivity index (χ0n) is 9.64. The summed E-state index contributed by atoms with van der Waals surface area (Å²) in [4.78, 5) is 21.9. The average molecular weight is 266 g/mol. The molecule has 0 aliphatic heterocycles. The summed E-state index contributed by atoms with van der Waals surface area (Å²) in [6, 6.07) is -1.75. The maximum atomic E-state index is 11.2. The number of rotatable bonds is 8. The molecule has 0 saturated carbocycles. The van der Waals surface area contributed by atoms with Gasteiger partial charge in [-0.3, -0.25) is 4.21 Å². The number of aliphatic hydroxyl groups is 1. The first-order valence-corrected chi connectivity index (χ1v) is 6.73. The average Bonchev–Trinajstić information content (AvgIpc) is 2.28. The Morgan fingerprint density at radius 1 is 1.41 bits per heavy atom. The maximum Gasteiger partial charge on any atom is 0.326 e. The Labute approximate surface area is 102 Å². The number of carboxylic acids is 1. The quantitative estimate of drug-likeness (QED) is 0.444. The molecule has 0 rings (SSSR count). The van der Waals surface area contributed by atoms with Crippen LogP contribution in [-0.4, -0.2) is 57.1 Å². The number of amides is 2. The lowest BCUT2D eigenvalue weighted by Crippen LogP contribution is -2.47. The summed E-state index contributed by atoms with van der Waals surface area (Å²) in [5.74, 6) is -0.348. The molecule has 0 fully saturated rings. The Morgan fingerprint density at radius 3 is 2.53 bits per heavy atom.